The van der Waals surface area contributed by atoms with E-state index in [1.807, 2.05) is 0 Å². The Morgan fingerprint density at radius 2 is 2.00 bits per heavy atom. The van der Waals surface area contributed by atoms with Gasteiger partial charge in [0, 0.05) is 5.54 Å². The molecule has 0 saturated carbocycles. The van der Waals surface area contributed by atoms with Crippen molar-refractivity contribution in [1.29, 1.82) is 0 Å². The predicted molar refractivity (Wildman–Crippen MR) is 46.3 cm³/mol. The summed E-state index contributed by atoms with van der Waals surface area (Å²) in [5.41, 5.74) is 0.461. The molecule has 0 bridgehead atoms. The van der Waals surface area contributed by atoms with Gasteiger partial charge in [0.1, 0.15) is 0 Å². The van der Waals surface area contributed by atoms with Crippen molar-refractivity contribution in [3.05, 3.63) is 0 Å². The van der Waals surface area contributed by atoms with Gasteiger partial charge in [-0.25, -0.2) is 0 Å². The molecule has 1 heterocycles. The zero-order valence-corrected chi connectivity index (χ0v) is 9.30. The van der Waals surface area contributed by atoms with Crippen LogP contribution in [-0.2, 0) is 0 Å². The second-order valence-corrected chi connectivity index (χ2v) is 9.02. The van der Waals surface area contributed by atoms with Crippen LogP contribution < -0.4 is 4.65 Å². The molecule has 0 aliphatic carbocycles. The molecule has 2 nitrogen and oxygen atoms in total. The fourth-order valence-corrected chi connectivity index (χ4v) is 5.74. The first kappa shape index (κ1) is 7.46. The summed E-state index contributed by atoms with van der Waals surface area (Å²) in [6, 6.07) is 0. The monoisotopic (exact) mass is 160 g/mol. The van der Waals surface area contributed by atoms with Gasteiger partial charge in [0.25, 0.3) is 0 Å². The van der Waals surface area contributed by atoms with E-state index in [-0.39, 0.29) is 9.84 Å². The van der Waals surface area contributed by atoms with E-state index in [0.717, 1.165) is 0 Å². The smallest absolute Gasteiger partial charge is 0.172 e. The maximum atomic E-state index is 3.57. The zero-order valence-electron chi connectivity index (χ0n) is 6.73. The van der Waals surface area contributed by atoms with E-state index in [1.165, 1.54) is 0 Å². The first-order valence-electron chi connectivity index (χ1n) is 3.52. The summed E-state index contributed by atoms with van der Waals surface area (Å²) in [7, 11) is -0.552. The molecule has 0 aromatic rings. The molecule has 1 rings (SSSR count). The van der Waals surface area contributed by atoms with Crippen molar-refractivity contribution in [2.45, 2.75) is 32.9 Å². The zero-order chi connectivity index (χ0) is 7.07. The van der Waals surface area contributed by atoms with Crippen molar-refractivity contribution >= 4 is 19.0 Å². The molecule has 0 amide bonds. The molecular weight excluding hydrogens is 144 g/mol. The fourth-order valence-electron chi connectivity index (χ4n) is 1.18. The highest BCUT2D eigenvalue weighted by Gasteiger charge is 2.33. The van der Waals surface area contributed by atoms with Crippen LogP contribution >= 0.6 is 0 Å². The van der Waals surface area contributed by atoms with E-state index in [0.29, 0.717) is 5.54 Å². The first-order chi connectivity index (χ1) is 4.02. The van der Waals surface area contributed by atoms with E-state index in [2.05, 4.69) is 36.2 Å². The van der Waals surface area contributed by atoms with Crippen LogP contribution in [0.1, 0.15) is 20.8 Å². The SMILES string of the molecule is C[SiH]1N[SiH2]N1C(C)(C)C. The van der Waals surface area contributed by atoms with E-state index < -0.39 is 9.12 Å². The van der Waals surface area contributed by atoms with Crippen LogP contribution in [-0.4, -0.2) is 28.7 Å². The minimum atomic E-state index is -0.564. The number of nitrogens with one attached hydrogen (secondary N) is 1. The van der Waals surface area contributed by atoms with Crippen LogP contribution in [0.25, 0.3) is 0 Å². The van der Waals surface area contributed by atoms with Gasteiger partial charge >= 0.3 is 0 Å². The second-order valence-electron chi connectivity index (χ2n) is 3.68. The summed E-state index contributed by atoms with van der Waals surface area (Å²) in [6.45, 7) is 9.29. The Labute approximate surface area is 61.4 Å². The maximum Gasteiger partial charge on any atom is 0.172 e. The van der Waals surface area contributed by atoms with Crippen molar-refractivity contribution in [2.24, 2.45) is 0 Å². The molecular formula is C5H16N2Si2. The molecule has 0 aromatic carbocycles. The van der Waals surface area contributed by atoms with Gasteiger partial charge in [-0.3, -0.25) is 0 Å². The normalized spacial score (nSPS) is 32.7. The first-order valence-corrected chi connectivity index (χ1v) is 7.11. The largest absolute Gasteiger partial charge is 0.343 e. The van der Waals surface area contributed by atoms with Gasteiger partial charge in [0.05, 0.1) is 0 Å². The summed E-state index contributed by atoms with van der Waals surface area (Å²) < 4.78 is 6.27. The molecule has 1 unspecified atom stereocenters. The van der Waals surface area contributed by atoms with Crippen molar-refractivity contribution in [1.82, 2.24) is 8.88 Å². The summed E-state index contributed by atoms with van der Waals surface area (Å²) in [5, 5.41) is 0. The highest BCUT2D eigenvalue weighted by Crippen LogP contribution is 2.15. The van der Waals surface area contributed by atoms with Crippen LogP contribution in [0.5, 0.6) is 0 Å². The molecule has 54 valence electrons. The molecule has 1 fully saturated rings. The van der Waals surface area contributed by atoms with Gasteiger partial charge in [-0.2, -0.15) is 0 Å². The number of hydrogen-bond donors (Lipinski definition) is 1. The highest BCUT2D eigenvalue weighted by atomic mass is 28.4. The molecule has 9 heavy (non-hydrogen) atoms. The van der Waals surface area contributed by atoms with Crippen LogP contribution in [0.2, 0.25) is 6.55 Å². The molecule has 1 aliphatic heterocycles. The number of rotatable bonds is 0. The minimum absolute atomic E-state index is 0.0123. The minimum Gasteiger partial charge on any atom is -0.343 e. The lowest BCUT2D eigenvalue weighted by molar-refractivity contribution is 0.347. The average Bonchev–Trinajstić information content (AvgIpc) is 1.57. The van der Waals surface area contributed by atoms with Crippen LogP contribution in [0.4, 0.5) is 0 Å². The Morgan fingerprint density at radius 1 is 1.44 bits per heavy atom. The molecule has 1 saturated heterocycles. The number of nitrogens with zero attached hydrogens (tertiary/aromatic N) is 1. The van der Waals surface area contributed by atoms with Crippen molar-refractivity contribution < 1.29 is 0 Å². The van der Waals surface area contributed by atoms with Crippen LogP contribution in [0.3, 0.4) is 0 Å². The molecule has 1 aliphatic rings. The average molecular weight is 160 g/mol. The van der Waals surface area contributed by atoms with E-state index in [4.69, 9.17) is 0 Å². The third kappa shape index (κ3) is 1.43. The van der Waals surface area contributed by atoms with Crippen molar-refractivity contribution in [3.63, 3.8) is 0 Å². The highest BCUT2D eigenvalue weighted by molar-refractivity contribution is 6.76. The van der Waals surface area contributed by atoms with Crippen molar-refractivity contribution in [2.75, 3.05) is 0 Å². The second kappa shape index (κ2) is 2.19. The van der Waals surface area contributed by atoms with E-state index in [9.17, 15) is 0 Å². The maximum absolute atomic E-state index is 3.57. The van der Waals surface area contributed by atoms with E-state index in [1.54, 1.807) is 0 Å². The Hall–Kier alpha value is 0.354. The van der Waals surface area contributed by atoms with Crippen LogP contribution in [0, 0.1) is 0 Å². The summed E-state index contributed by atoms with van der Waals surface area (Å²) >= 11 is 0. The molecule has 0 radical (unpaired) electrons. The van der Waals surface area contributed by atoms with Crippen molar-refractivity contribution in [3.8, 4) is 0 Å². The van der Waals surface area contributed by atoms with E-state index >= 15 is 0 Å². The lowest BCUT2D eigenvalue weighted by Crippen LogP contribution is -2.72. The lowest BCUT2D eigenvalue weighted by Gasteiger charge is -2.48. The summed E-state index contributed by atoms with van der Waals surface area (Å²) in [4.78, 5) is 0. The molecule has 1 atom stereocenters. The third-order valence-corrected chi connectivity index (χ3v) is 10.2. The molecule has 0 spiro atoms. The third-order valence-electron chi connectivity index (χ3n) is 1.89. The van der Waals surface area contributed by atoms with Gasteiger partial charge in [0.2, 0.25) is 0 Å². The molecule has 0 aromatic heterocycles. The Kier molecular flexibility index (Phi) is 1.82. The number of hydrogen-bond acceptors (Lipinski definition) is 2. The Morgan fingerprint density at radius 3 is 2.00 bits per heavy atom. The van der Waals surface area contributed by atoms with Crippen LogP contribution in [0.15, 0.2) is 0 Å². The van der Waals surface area contributed by atoms with Gasteiger partial charge < -0.3 is 8.88 Å². The summed E-state index contributed by atoms with van der Waals surface area (Å²) in [5.74, 6) is 0. The van der Waals surface area contributed by atoms with Gasteiger partial charge in [-0.15, -0.1) is 0 Å². The van der Waals surface area contributed by atoms with Gasteiger partial charge in [-0.1, -0.05) is 0 Å². The Balaban J connectivity index is 2.44. The summed E-state index contributed by atoms with van der Waals surface area (Å²) in [6.07, 6.45) is 0. The molecule has 4 heteroatoms. The fraction of sp³-hybridized carbons (Fsp3) is 1.00. The van der Waals surface area contributed by atoms with Gasteiger partial charge in [-0.05, 0) is 27.3 Å². The molecule has 1 N–H and O–H groups in total. The van der Waals surface area contributed by atoms with Gasteiger partial charge in [0.15, 0.2) is 19.0 Å². The Bertz CT molecular complexity index is 110. The standard InChI is InChI=1S/C5H16N2Si2/c1-5(2,3)7-8-6-9(7)4/h6,9H,8H2,1-4H3. The topological polar surface area (TPSA) is 15.3 Å². The quantitative estimate of drug-likeness (QED) is 0.483. The predicted octanol–water partition coefficient (Wildman–Crippen LogP) is -0.461. The lowest BCUT2D eigenvalue weighted by atomic mass is 10.1.